The fourth-order valence-corrected chi connectivity index (χ4v) is 8.04. The van der Waals surface area contributed by atoms with Crippen LogP contribution in [0.5, 0.6) is 0 Å². The Balaban J connectivity index is 1.23. The van der Waals surface area contributed by atoms with E-state index in [1.807, 2.05) is 0 Å². The van der Waals surface area contributed by atoms with Crippen molar-refractivity contribution in [3.05, 3.63) is 178 Å². The third-order valence-corrected chi connectivity index (χ3v) is 11.1. The van der Waals surface area contributed by atoms with E-state index >= 15 is 0 Å². The quantitative estimate of drug-likeness (QED) is 0.189. The average Bonchev–Trinajstić information content (AvgIpc) is 3.33. The molecule has 0 spiro atoms. The maximum Gasteiger partial charge on any atom is 0.0563 e. The van der Waals surface area contributed by atoms with E-state index in [0.717, 1.165) is 24.8 Å². The summed E-state index contributed by atoms with van der Waals surface area (Å²) in [7, 11) is 0. The van der Waals surface area contributed by atoms with Gasteiger partial charge in [-0.25, -0.2) is 0 Å². The second-order valence-corrected chi connectivity index (χ2v) is 15.0. The Morgan fingerprint density at radius 1 is 0.653 bits per heavy atom. The molecule has 2 heteroatoms. The Hall–Kier alpha value is -4.82. The fourth-order valence-electron chi connectivity index (χ4n) is 8.04. The molecule has 4 aromatic rings. The van der Waals surface area contributed by atoms with E-state index in [-0.39, 0.29) is 17.5 Å². The van der Waals surface area contributed by atoms with E-state index in [0.29, 0.717) is 0 Å². The number of aryl methyl sites for hydroxylation is 3. The van der Waals surface area contributed by atoms with Crippen LogP contribution in [-0.2, 0) is 5.41 Å². The zero-order valence-corrected chi connectivity index (χ0v) is 30.3. The molecule has 0 fully saturated rings. The Morgan fingerprint density at radius 2 is 1.20 bits per heavy atom. The number of benzene rings is 4. The molecule has 2 unspecified atom stereocenters. The third kappa shape index (κ3) is 6.14. The molecule has 0 bridgehead atoms. The molecule has 0 radical (unpaired) electrons. The summed E-state index contributed by atoms with van der Waals surface area (Å²) < 4.78 is 0. The molecule has 0 aliphatic heterocycles. The van der Waals surface area contributed by atoms with Gasteiger partial charge in [0.15, 0.2) is 0 Å². The van der Waals surface area contributed by atoms with Gasteiger partial charge in [-0.05, 0) is 130 Å². The highest BCUT2D eigenvalue weighted by Crippen LogP contribution is 2.52. The van der Waals surface area contributed by atoms with Crippen molar-refractivity contribution in [2.24, 2.45) is 0 Å². The molecular weight excluding hydrogens is 593 g/mol. The van der Waals surface area contributed by atoms with Gasteiger partial charge in [-0.2, -0.15) is 0 Å². The Bertz CT molecular complexity index is 1970. The molecule has 0 heterocycles. The molecule has 3 aliphatic carbocycles. The first kappa shape index (κ1) is 32.7. The second-order valence-electron chi connectivity index (χ2n) is 15.0. The van der Waals surface area contributed by atoms with Crippen molar-refractivity contribution in [3.63, 3.8) is 0 Å². The van der Waals surface area contributed by atoms with Crippen LogP contribution in [0, 0.1) is 20.8 Å². The highest BCUT2D eigenvalue weighted by Gasteiger charge is 2.39. The maximum absolute atomic E-state index is 4.19. The van der Waals surface area contributed by atoms with Gasteiger partial charge in [-0.3, -0.25) is 0 Å². The molecule has 0 N–H and O–H groups in total. The van der Waals surface area contributed by atoms with E-state index in [4.69, 9.17) is 0 Å². The van der Waals surface area contributed by atoms with Crippen LogP contribution in [0.2, 0.25) is 0 Å². The predicted molar refractivity (Wildman–Crippen MR) is 211 cm³/mol. The van der Waals surface area contributed by atoms with E-state index in [9.17, 15) is 0 Å². The minimum atomic E-state index is -0.0826. The molecule has 4 aromatic carbocycles. The van der Waals surface area contributed by atoms with Crippen LogP contribution in [0.3, 0.4) is 0 Å². The van der Waals surface area contributed by atoms with Crippen molar-refractivity contribution in [3.8, 4) is 0 Å². The summed E-state index contributed by atoms with van der Waals surface area (Å²) in [6.45, 7) is 20.3. The lowest BCUT2D eigenvalue weighted by Gasteiger charge is -2.37. The van der Waals surface area contributed by atoms with Crippen molar-refractivity contribution >= 4 is 22.6 Å². The highest BCUT2D eigenvalue weighted by atomic mass is 15.2. The lowest BCUT2D eigenvalue weighted by atomic mass is 9.77. The van der Waals surface area contributed by atoms with Crippen molar-refractivity contribution in [2.75, 3.05) is 9.80 Å². The first-order valence-corrected chi connectivity index (χ1v) is 17.9. The summed E-state index contributed by atoms with van der Waals surface area (Å²) in [5, 5.41) is 0. The molecule has 0 aromatic heterocycles. The minimum absolute atomic E-state index is 0.0826. The molecule has 2 atom stereocenters. The number of hydrogen-bond donors (Lipinski definition) is 0. The van der Waals surface area contributed by atoms with Gasteiger partial charge in [0.2, 0.25) is 0 Å². The monoisotopic (exact) mass is 642 g/mol. The van der Waals surface area contributed by atoms with Gasteiger partial charge in [0.1, 0.15) is 0 Å². The van der Waals surface area contributed by atoms with Crippen LogP contribution in [0.15, 0.2) is 144 Å². The molecule has 7 rings (SSSR count). The number of anilines is 3. The SMILES string of the molecule is C=C1C=CC(N(c2ccc(C)cc2)C(C)C2=CC3=C(CC2)c2ccc(C(C)N(c4ccc(C)cc4)c4ccc(C)cc4)cc2C3(C)C)=CC1. The number of fused-ring (bicyclic) bond motifs is 2. The average molecular weight is 643 g/mol. The van der Waals surface area contributed by atoms with Crippen LogP contribution in [0.4, 0.5) is 17.1 Å². The predicted octanol–water partition coefficient (Wildman–Crippen LogP) is 12.6. The molecule has 248 valence electrons. The van der Waals surface area contributed by atoms with Crippen molar-refractivity contribution in [1.82, 2.24) is 0 Å². The van der Waals surface area contributed by atoms with Crippen LogP contribution >= 0.6 is 0 Å². The summed E-state index contributed by atoms with van der Waals surface area (Å²) in [4.78, 5) is 5.01. The third-order valence-electron chi connectivity index (χ3n) is 11.1. The largest absolute Gasteiger partial charge is 0.335 e. The van der Waals surface area contributed by atoms with Crippen LogP contribution in [0.1, 0.15) is 86.4 Å². The maximum atomic E-state index is 4.19. The van der Waals surface area contributed by atoms with Gasteiger partial charge < -0.3 is 9.80 Å². The van der Waals surface area contributed by atoms with Gasteiger partial charge in [0.05, 0.1) is 12.1 Å². The summed E-state index contributed by atoms with van der Waals surface area (Å²) in [5.74, 6) is 0. The van der Waals surface area contributed by atoms with Crippen LogP contribution in [-0.4, -0.2) is 6.04 Å². The van der Waals surface area contributed by atoms with Gasteiger partial charge in [0, 0.05) is 28.2 Å². The molecule has 0 saturated heterocycles. The lowest BCUT2D eigenvalue weighted by molar-refractivity contribution is 0.640. The minimum Gasteiger partial charge on any atom is -0.335 e. The Morgan fingerprint density at radius 3 is 1.73 bits per heavy atom. The second kappa shape index (κ2) is 12.9. The normalized spacial score (nSPS) is 17.6. The zero-order valence-electron chi connectivity index (χ0n) is 30.3. The topological polar surface area (TPSA) is 6.48 Å². The summed E-state index contributed by atoms with van der Waals surface area (Å²) in [5.41, 5.74) is 18.6. The molecule has 3 aliphatic rings. The number of hydrogen-bond acceptors (Lipinski definition) is 2. The molecule has 49 heavy (non-hydrogen) atoms. The zero-order chi connectivity index (χ0) is 34.4. The smallest absolute Gasteiger partial charge is 0.0563 e. The molecule has 0 amide bonds. The number of nitrogens with zero attached hydrogens (tertiary/aromatic N) is 2. The van der Waals surface area contributed by atoms with Gasteiger partial charge in [-0.1, -0.05) is 116 Å². The van der Waals surface area contributed by atoms with Gasteiger partial charge >= 0.3 is 0 Å². The fraction of sp³-hybridized carbons (Fsp3) is 0.277. The molecule has 2 nitrogen and oxygen atoms in total. The summed E-state index contributed by atoms with van der Waals surface area (Å²) >= 11 is 0. The Labute approximate surface area is 294 Å². The van der Waals surface area contributed by atoms with Crippen molar-refractivity contribution in [1.29, 1.82) is 0 Å². The van der Waals surface area contributed by atoms with E-state index in [2.05, 4.69) is 180 Å². The first-order valence-electron chi connectivity index (χ1n) is 17.9. The molecule has 0 saturated carbocycles. The van der Waals surface area contributed by atoms with Crippen molar-refractivity contribution in [2.45, 2.75) is 85.2 Å². The number of allylic oxidation sites excluding steroid dienone is 7. The molecular formula is C47H50N2. The lowest BCUT2D eigenvalue weighted by Crippen LogP contribution is -2.34. The number of rotatable bonds is 8. The standard InChI is InChI=1S/C47H50N2/c1-31-9-19-39(20-10-31)48(40-21-11-32(2)12-22-40)35(5)37-17-27-43-44-28-18-38(30-46(44)47(7,8)45(43)29-37)36(6)49(41-23-13-33(3)14-24-41)42-25-15-34(4)16-26-42/h9,11-16,18-26,28-30,35-36H,1,10,17,27H2,2-8H3. The highest BCUT2D eigenvalue weighted by molar-refractivity contribution is 5.84. The van der Waals surface area contributed by atoms with Gasteiger partial charge in [0.25, 0.3) is 0 Å². The van der Waals surface area contributed by atoms with E-state index in [1.54, 1.807) is 0 Å². The van der Waals surface area contributed by atoms with E-state index in [1.165, 1.54) is 72.9 Å². The summed E-state index contributed by atoms with van der Waals surface area (Å²) in [6.07, 6.45) is 12.3. The van der Waals surface area contributed by atoms with Gasteiger partial charge in [-0.15, -0.1) is 0 Å². The van der Waals surface area contributed by atoms with Crippen LogP contribution < -0.4 is 9.80 Å². The summed E-state index contributed by atoms with van der Waals surface area (Å²) in [6, 6.07) is 34.6. The van der Waals surface area contributed by atoms with E-state index < -0.39 is 0 Å². The Kier molecular flexibility index (Phi) is 8.61. The van der Waals surface area contributed by atoms with Crippen molar-refractivity contribution < 1.29 is 0 Å². The first-order chi connectivity index (χ1) is 23.5. The van der Waals surface area contributed by atoms with Crippen LogP contribution in [0.25, 0.3) is 5.57 Å².